The minimum atomic E-state index is -0.635. The summed E-state index contributed by atoms with van der Waals surface area (Å²) in [5.74, 6) is -0.353. The standard InChI is InChI=1S/C10H22N2O2/c1-4-5-6-14-9(13)8(12)10(2,3)7-11/h8H,4-7,11-12H2,1-3H3. The van der Waals surface area contributed by atoms with Gasteiger partial charge in [-0.3, -0.25) is 4.79 Å². The van der Waals surface area contributed by atoms with E-state index in [0.717, 1.165) is 12.8 Å². The Morgan fingerprint density at radius 1 is 1.50 bits per heavy atom. The fourth-order valence-electron chi connectivity index (χ4n) is 0.853. The Labute approximate surface area is 86.0 Å². The van der Waals surface area contributed by atoms with E-state index in [4.69, 9.17) is 16.2 Å². The quantitative estimate of drug-likeness (QED) is 0.489. The van der Waals surface area contributed by atoms with Gasteiger partial charge in [-0.25, -0.2) is 0 Å². The molecule has 0 fully saturated rings. The second kappa shape index (κ2) is 5.98. The van der Waals surface area contributed by atoms with Gasteiger partial charge in [0.15, 0.2) is 0 Å². The molecule has 0 aliphatic carbocycles. The summed E-state index contributed by atoms with van der Waals surface area (Å²) < 4.78 is 5.01. The van der Waals surface area contributed by atoms with Crippen LogP contribution in [-0.2, 0) is 9.53 Å². The van der Waals surface area contributed by atoms with E-state index in [0.29, 0.717) is 13.2 Å². The molecule has 1 unspecified atom stereocenters. The minimum absolute atomic E-state index is 0.353. The molecule has 0 amide bonds. The molecule has 0 heterocycles. The number of nitrogens with two attached hydrogens (primary N) is 2. The number of carbonyl (C=O) groups is 1. The van der Waals surface area contributed by atoms with Gasteiger partial charge in [-0.1, -0.05) is 27.2 Å². The second-order valence-electron chi connectivity index (χ2n) is 4.19. The number of rotatable bonds is 6. The van der Waals surface area contributed by atoms with Gasteiger partial charge in [0, 0.05) is 5.41 Å². The number of hydrogen-bond donors (Lipinski definition) is 2. The molecule has 1 atom stereocenters. The first kappa shape index (κ1) is 13.4. The maximum absolute atomic E-state index is 11.4. The van der Waals surface area contributed by atoms with E-state index >= 15 is 0 Å². The van der Waals surface area contributed by atoms with Crippen LogP contribution in [0.5, 0.6) is 0 Å². The zero-order valence-corrected chi connectivity index (χ0v) is 9.38. The normalized spacial score (nSPS) is 13.8. The van der Waals surface area contributed by atoms with Crippen LogP contribution in [0.4, 0.5) is 0 Å². The average Bonchev–Trinajstić information content (AvgIpc) is 2.17. The fourth-order valence-corrected chi connectivity index (χ4v) is 0.853. The maximum atomic E-state index is 11.4. The first-order chi connectivity index (χ1) is 6.45. The van der Waals surface area contributed by atoms with Gasteiger partial charge >= 0.3 is 5.97 Å². The van der Waals surface area contributed by atoms with Gasteiger partial charge in [0.1, 0.15) is 6.04 Å². The van der Waals surface area contributed by atoms with Crippen molar-refractivity contribution < 1.29 is 9.53 Å². The average molecular weight is 202 g/mol. The third-order valence-electron chi connectivity index (χ3n) is 2.36. The number of carbonyl (C=O) groups excluding carboxylic acids is 1. The Hall–Kier alpha value is -0.610. The van der Waals surface area contributed by atoms with Crippen LogP contribution in [0.25, 0.3) is 0 Å². The SMILES string of the molecule is CCCCOC(=O)C(N)C(C)(C)CN. The van der Waals surface area contributed by atoms with Gasteiger partial charge in [-0.05, 0) is 13.0 Å². The Balaban J connectivity index is 3.99. The van der Waals surface area contributed by atoms with Crippen molar-refractivity contribution in [2.24, 2.45) is 16.9 Å². The van der Waals surface area contributed by atoms with Crippen LogP contribution in [0, 0.1) is 5.41 Å². The predicted octanol–water partition coefficient (Wildman–Crippen LogP) is 0.642. The van der Waals surface area contributed by atoms with Crippen molar-refractivity contribution in [3.63, 3.8) is 0 Å². The van der Waals surface area contributed by atoms with E-state index in [1.165, 1.54) is 0 Å². The van der Waals surface area contributed by atoms with Gasteiger partial charge in [-0.15, -0.1) is 0 Å². The smallest absolute Gasteiger partial charge is 0.323 e. The zero-order chi connectivity index (χ0) is 11.2. The van der Waals surface area contributed by atoms with Crippen LogP contribution < -0.4 is 11.5 Å². The van der Waals surface area contributed by atoms with Crippen LogP contribution in [-0.4, -0.2) is 25.2 Å². The summed E-state index contributed by atoms with van der Waals surface area (Å²) in [6.07, 6.45) is 1.88. The molecule has 0 saturated heterocycles. The fraction of sp³-hybridized carbons (Fsp3) is 0.900. The van der Waals surface area contributed by atoms with E-state index in [2.05, 4.69) is 0 Å². The highest BCUT2D eigenvalue weighted by atomic mass is 16.5. The van der Waals surface area contributed by atoms with Crippen LogP contribution in [0.2, 0.25) is 0 Å². The molecule has 0 aromatic carbocycles. The molecule has 4 heteroatoms. The largest absolute Gasteiger partial charge is 0.465 e. The summed E-state index contributed by atoms with van der Waals surface area (Å²) in [6, 6.07) is -0.635. The predicted molar refractivity (Wildman–Crippen MR) is 56.7 cm³/mol. The van der Waals surface area contributed by atoms with Crippen molar-refractivity contribution in [3.8, 4) is 0 Å². The molecular formula is C10H22N2O2. The van der Waals surface area contributed by atoms with Gasteiger partial charge in [0.25, 0.3) is 0 Å². The van der Waals surface area contributed by atoms with Crippen molar-refractivity contribution in [2.75, 3.05) is 13.2 Å². The highest BCUT2D eigenvalue weighted by Gasteiger charge is 2.31. The van der Waals surface area contributed by atoms with Gasteiger partial charge in [0.05, 0.1) is 6.61 Å². The molecule has 0 aromatic rings. The van der Waals surface area contributed by atoms with E-state index in [-0.39, 0.29) is 5.97 Å². The molecule has 0 aliphatic heterocycles. The minimum Gasteiger partial charge on any atom is -0.465 e. The van der Waals surface area contributed by atoms with E-state index in [1.54, 1.807) is 0 Å². The molecule has 0 radical (unpaired) electrons. The molecule has 0 aromatic heterocycles. The summed E-state index contributed by atoms with van der Waals surface area (Å²) in [7, 11) is 0. The van der Waals surface area contributed by atoms with Gasteiger partial charge in [-0.2, -0.15) is 0 Å². The first-order valence-corrected chi connectivity index (χ1v) is 5.08. The lowest BCUT2D eigenvalue weighted by Crippen LogP contribution is -2.48. The molecule has 84 valence electrons. The highest BCUT2D eigenvalue weighted by Crippen LogP contribution is 2.17. The molecule has 0 spiro atoms. The lowest BCUT2D eigenvalue weighted by Gasteiger charge is -2.28. The van der Waals surface area contributed by atoms with Gasteiger partial charge in [0.2, 0.25) is 0 Å². The van der Waals surface area contributed by atoms with E-state index in [1.807, 2.05) is 20.8 Å². The second-order valence-corrected chi connectivity index (χ2v) is 4.19. The molecular weight excluding hydrogens is 180 g/mol. The Bertz CT molecular complexity index is 181. The molecule has 0 rings (SSSR count). The van der Waals surface area contributed by atoms with Crippen molar-refractivity contribution >= 4 is 5.97 Å². The molecule has 0 aliphatic rings. The van der Waals surface area contributed by atoms with Crippen LogP contribution in [0.3, 0.4) is 0 Å². The van der Waals surface area contributed by atoms with E-state index < -0.39 is 11.5 Å². The number of ether oxygens (including phenoxy) is 1. The maximum Gasteiger partial charge on any atom is 0.323 e. The molecule has 0 saturated carbocycles. The molecule has 0 bridgehead atoms. The van der Waals surface area contributed by atoms with Gasteiger partial charge < -0.3 is 16.2 Å². The van der Waals surface area contributed by atoms with Crippen molar-refractivity contribution in [1.82, 2.24) is 0 Å². The van der Waals surface area contributed by atoms with Crippen LogP contribution >= 0.6 is 0 Å². The third kappa shape index (κ3) is 4.07. The summed E-state index contributed by atoms with van der Waals surface area (Å²) in [5, 5.41) is 0. The summed E-state index contributed by atoms with van der Waals surface area (Å²) in [6.45, 7) is 6.58. The number of esters is 1. The van der Waals surface area contributed by atoms with Crippen molar-refractivity contribution in [2.45, 2.75) is 39.7 Å². The summed E-state index contributed by atoms with van der Waals surface area (Å²) in [5.41, 5.74) is 10.8. The molecule has 4 N–H and O–H groups in total. The molecule has 14 heavy (non-hydrogen) atoms. The Morgan fingerprint density at radius 3 is 2.50 bits per heavy atom. The van der Waals surface area contributed by atoms with Crippen molar-refractivity contribution in [3.05, 3.63) is 0 Å². The Kier molecular flexibility index (Phi) is 5.72. The lowest BCUT2D eigenvalue weighted by atomic mass is 9.85. The topological polar surface area (TPSA) is 78.3 Å². The third-order valence-corrected chi connectivity index (χ3v) is 2.36. The lowest BCUT2D eigenvalue weighted by molar-refractivity contribution is -0.148. The summed E-state index contributed by atoms with van der Waals surface area (Å²) in [4.78, 5) is 11.4. The number of unbranched alkanes of at least 4 members (excludes halogenated alkanes) is 1. The van der Waals surface area contributed by atoms with E-state index in [9.17, 15) is 4.79 Å². The summed E-state index contributed by atoms with van der Waals surface area (Å²) >= 11 is 0. The number of hydrogen-bond acceptors (Lipinski definition) is 4. The van der Waals surface area contributed by atoms with Crippen molar-refractivity contribution in [1.29, 1.82) is 0 Å². The zero-order valence-electron chi connectivity index (χ0n) is 9.38. The van der Waals surface area contributed by atoms with Crippen LogP contribution in [0.1, 0.15) is 33.6 Å². The monoisotopic (exact) mass is 202 g/mol. The highest BCUT2D eigenvalue weighted by molar-refractivity contribution is 5.76. The first-order valence-electron chi connectivity index (χ1n) is 5.08. The Morgan fingerprint density at radius 2 is 2.07 bits per heavy atom. The molecule has 4 nitrogen and oxygen atoms in total. The van der Waals surface area contributed by atoms with Crippen LogP contribution in [0.15, 0.2) is 0 Å².